The lowest BCUT2D eigenvalue weighted by atomic mass is 9.95. The molecule has 3 saturated heterocycles. The molecule has 0 saturated carbocycles. The molecule has 4 aliphatic rings. The molecule has 1 aromatic carbocycles. The number of aryl methyl sites for hydroxylation is 2. The molecule has 6 rings (SSSR count). The number of hydrogen-bond acceptors (Lipinski definition) is 4. The summed E-state index contributed by atoms with van der Waals surface area (Å²) in [5, 5.41) is 4.43. The molecule has 1 aliphatic carbocycles. The summed E-state index contributed by atoms with van der Waals surface area (Å²) >= 11 is 0. The maximum absolute atomic E-state index is 4.64. The van der Waals surface area contributed by atoms with Gasteiger partial charge in [-0.25, -0.2) is 4.98 Å². The van der Waals surface area contributed by atoms with Gasteiger partial charge < -0.3 is 0 Å². The van der Waals surface area contributed by atoms with Crippen LogP contribution < -0.4 is 0 Å². The number of aromatic nitrogens is 3. The molecule has 138 valence electrons. The molecule has 5 heteroatoms. The molecule has 5 nitrogen and oxygen atoms in total. The predicted octanol–water partition coefficient (Wildman–Crippen LogP) is 2.19. The van der Waals surface area contributed by atoms with Crippen LogP contribution in [0.25, 0.3) is 0 Å². The average Bonchev–Trinajstić information content (AvgIpc) is 3.06. The minimum absolute atomic E-state index is 0.662. The summed E-state index contributed by atoms with van der Waals surface area (Å²) < 4.78 is 1.96. The van der Waals surface area contributed by atoms with Gasteiger partial charge in [-0.2, -0.15) is 5.10 Å². The molecule has 0 spiro atoms. The summed E-state index contributed by atoms with van der Waals surface area (Å²) in [5.41, 5.74) is 3.14. The number of rotatable bonds is 3. The highest BCUT2D eigenvalue weighted by Gasteiger charge is 2.38. The normalized spacial score (nSPS) is 27.0. The fourth-order valence-corrected chi connectivity index (χ4v) is 5.38. The monoisotopic (exact) mass is 351 g/mol. The molecule has 0 radical (unpaired) electrons. The minimum Gasteiger partial charge on any atom is -0.298 e. The van der Waals surface area contributed by atoms with E-state index in [-0.39, 0.29) is 0 Å². The van der Waals surface area contributed by atoms with Gasteiger partial charge in [-0.3, -0.25) is 14.5 Å². The van der Waals surface area contributed by atoms with E-state index in [9.17, 15) is 0 Å². The molecule has 3 aliphatic heterocycles. The summed E-state index contributed by atoms with van der Waals surface area (Å²) in [6.45, 7) is 6.62. The lowest BCUT2D eigenvalue weighted by molar-refractivity contribution is 0.116. The topological polar surface area (TPSA) is 37.2 Å². The van der Waals surface area contributed by atoms with E-state index < -0.39 is 0 Å². The van der Waals surface area contributed by atoms with E-state index >= 15 is 0 Å². The Morgan fingerprint density at radius 3 is 2.46 bits per heavy atom. The van der Waals surface area contributed by atoms with E-state index in [0.717, 1.165) is 24.1 Å². The predicted molar refractivity (Wildman–Crippen MR) is 102 cm³/mol. The van der Waals surface area contributed by atoms with E-state index in [4.69, 9.17) is 0 Å². The molecule has 2 bridgehead atoms. The van der Waals surface area contributed by atoms with Gasteiger partial charge >= 0.3 is 0 Å². The molecule has 26 heavy (non-hydrogen) atoms. The van der Waals surface area contributed by atoms with Crippen LogP contribution in [-0.2, 0) is 26.4 Å². The van der Waals surface area contributed by atoms with E-state index in [2.05, 4.69) is 44.1 Å². The first-order chi connectivity index (χ1) is 12.7. The highest BCUT2D eigenvalue weighted by Crippen LogP contribution is 2.33. The number of hydrogen-bond donors (Lipinski definition) is 0. The number of benzene rings is 1. The largest absolute Gasteiger partial charge is 0.298 e. The lowest BCUT2D eigenvalue weighted by Gasteiger charge is -2.36. The van der Waals surface area contributed by atoms with E-state index in [0.29, 0.717) is 12.1 Å². The van der Waals surface area contributed by atoms with Crippen molar-refractivity contribution in [2.24, 2.45) is 13.0 Å². The standard InChI is InChI=1S/C21H29N5/c1-15-22-21(24(2)23-15)14-26-12-16-7-8-19(26)13-25(11-16)20-9-17-5-3-4-6-18(17)10-20/h3-6,16,19-20H,7-14H2,1-2H3/t16-,19+/m0/s1. The highest BCUT2D eigenvalue weighted by atomic mass is 15.4. The minimum atomic E-state index is 0.662. The molecular weight excluding hydrogens is 322 g/mol. The van der Waals surface area contributed by atoms with Crippen LogP contribution in [-0.4, -0.2) is 56.3 Å². The van der Waals surface area contributed by atoms with Gasteiger partial charge in [-0.15, -0.1) is 0 Å². The van der Waals surface area contributed by atoms with Crippen LogP contribution in [0.2, 0.25) is 0 Å². The van der Waals surface area contributed by atoms with Gasteiger partial charge in [0.05, 0.1) is 6.54 Å². The van der Waals surface area contributed by atoms with Crippen molar-refractivity contribution in [1.82, 2.24) is 24.6 Å². The third-order valence-electron chi connectivity index (χ3n) is 6.70. The highest BCUT2D eigenvalue weighted by molar-refractivity contribution is 5.33. The number of piperidine rings is 1. The fourth-order valence-electron chi connectivity index (χ4n) is 5.38. The van der Waals surface area contributed by atoms with E-state index in [1.165, 1.54) is 45.3 Å². The van der Waals surface area contributed by atoms with Crippen LogP contribution in [0.5, 0.6) is 0 Å². The van der Waals surface area contributed by atoms with E-state index in [1.807, 2.05) is 18.7 Å². The molecular formula is C21H29N5. The zero-order chi connectivity index (χ0) is 17.7. The maximum Gasteiger partial charge on any atom is 0.147 e. The number of nitrogens with zero attached hydrogens (tertiary/aromatic N) is 5. The summed E-state index contributed by atoms with van der Waals surface area (Å²) in [5.74, 6) is 2.79. The SMILES string of the molecule is Cc1nc(CN2C[C@H]3CC[C@@H]2CN(C2Cc4ccccc4C2)C3)n(C)n1. The summed E-state index contributed by atoms with van der Waals surface area (Å²) in [7, 11) is 2.02. The van der Waals surface area contributed by atoms with Gasteiger partial charge in [0.15, 0.2) is 0 Å². The second-order valence-electron chi connectivity index (χ2n) is 8.51. The third kappa shape index (κ3) is 2.97. The molecule has 2 aromatic rings. The van der Waals surface area contributed by atoms with Crippen LogP contribution in [0.1, 0.15) is 35.6 Å². The van der Waals surface area contributed by atoms with Crippen molar-refractivity contribution in [2.45, 2.75) is 51.2 Å². The summed E-state index contributed by atoms with van der Waals surface area (Å²) in [6, 6.07) is 10.4. The van der Waals surface area contributed by atoms with E-state index in [1.54, 1.807) is 11.1 Å². The third-order valence-corrected chi connectivity index (χ3v) is 6.70. The second-order valence-corrected chi connectivity index (χ2v) is 8.51. The van der Waals surface area contributed by atoms with Gasteiger partial charge in [0.25, 0.3) is 0 Å². The zero-order valence-corrected chi connectivity index (χ0v) is 15.9. The molecule has 0 amide bonds. The quantitative estimate of drug-likeness (QED) is 0.849. The first-order valence-electron chi connectivity index (χ1n) is 10.1. The molecule has 4 heterocycles. The Kier molecular flexibility index (Phi) is 4.09. The van der Waals surface area contributed by atoms with Crippen molar-refractivity contribution in [3.8, 4) is 0 Å². The van der Waals surface area contributed by atoms with Crippen molar-refractivity contribution in [1.29, 1.82) is 0 Å². The zero-order valence-electron chi connectivity index (χ0n) is 15.9. The Balaban J connectivity index is 1.31. The maximum atomic E-state index is 4.64. The van der Waals surface area contributed by atoms with Crippen molar-refractivity contribution in [3.63, 3.8) is 0 Å². The van der Waals surface area contributed by atoms with Gasteiger partial charge in [0.1, 0.15) is 11.6 Å². The van der Waals surface area contributed by atoms with Crippen molar-refractivity contribution in [3.05, 3.63) is 47.0 Å². The van der Waals surface area contributed by atoms with Crippen LogP contribution in [0, 0.1) is 12.8 Å². The van der Waals surface area contributed by atoms with Crippen LogP contribution in [0.4, 0.5) is 0 Å². The van der Waals surface area contributed by atoms with Crippen LogP contribution in [0.3, 0.4) is 0 Å². The van der Waals surface area contributed by atoms with Gasteiger partial charge in [-0.05, 0) is 49.7 Å². The molecule has 2 atom stereocenters. The van der Waals surface area contributed by atoms with Crippen LogP contribution in [0.15, 0.2) is 24.3 Å². The smallest absolute Gasteiger partial charge is 0.147 e. The van der Waals surface area contributed by atoms with Gasteiger partial charge in [0, 0.05) is 38.8 Å². The first-order valence-corrected chi connectivity index (χ1v) is 10.1. The van der Waals surface area contributed by atoms with Gasteiger partial charge in [-0.1, -0.05) is 24.3 Å². The first kappa shape index (κ1) is 16.5. The summed E-state index contributed by atoms with van der Waals surface area (Å²) in [6.07, 6.45) is 5.18. The van der Waals surface area contributed by atoms with Crippen LogP contribution >= 0.6 is 0 Å². The summed E-state index contributed by atoms with van der Waals surface area (Å²) in [4.78, 5) is 10.1. The number of fused-ring (bicyclic) bond motifs is 5. The average molecular weight is 351 g/mol. The Labute approximate surface area is 156 Å². The van der Waals surface area contributed by atoms with Gasteiger partial charge in [0.2, 0.25) is 0 Å². The second kappa shape index (κ2) is 6.46. The van der Waals surface area contributed by atoms with Crippen molar-refractivity contribution >= 4 is 0 Å². The Hall–Kier alpha value is -1.72. The lowest BCUT2D eigenvalue weighted by Crippen LogP contribution is -2.45. The Morgan fingerprint density at radius 2 is 1.77 bits per heavy atom. The molecule has 0 unspecified atom stereocenters. The fraction of sp³-hybridized carbons (Fsp3) is 0.619. The Bertz CT molecular complexity index is 772. The Morgan fingerprint density at radius 1 is 1.00 bits per heavy atom. The molecule has 3 fully saturated rings. The van der Waals surface area contributed by atoms with Crippen molar-refractivity contribution < 1.29 is 0 Å². The van der Waals surface area contributed by atoms with Crippen molar-refractivity contribution in [2.75, 3.05) is 19.6 Å². The molecule has 1 aromatic heterocycles. The molecule has 0 N–H and O–H groups in total.